The van der Waals surface area contributed by atoms with Gasteiger partial charge < -0.3 is 5.32 Å². The number of rotatable bonds is 4. The average molecular weight is 256 g/mol. The Hall–Kier alpha value is -1.38. The van der Waals surface area contributed by atoms with Crippen molar-refractivity contribution in [2.24, 2.45) is 23.2 Å². The van der Waals surface area contributed by atoms with Gasteiger partial charge in [0, 0.05) is 24.9 Å². The summed E-state index contributed by atoms with van der Waals surface area (Å²) in [6, 6.07) is 5.93. The summed E-state index contributed by atoms with van der Waals surface area (Å²) in [4.78, 5) is 16.7. The third kappa shape index (κ3) is 1.71. The van der Waals surface area contributed by atoms with Crippen LogP contribution in [0.4, 0.5) is 0 Å². The number of aromatic nitrogens is 1. The first-order valence-corrected chi connectivity index (χ1v) is 7.45. The molecule has 0 spiro atoms. The van der Waals surface area contributed by atoms with Crippen LogP contribution in [-0.2, 0) is 11.2 Å². The molecule has 3 saturated carbocycles. The molecule has 0 saturated heterocycles. The van der Waals surface area contributed by atoms with E-state index in [0.717, 1.165) is 55.7 Å². The molecule has 2 unspecified atom stereocenters. The van der Waals surface area contributed by atoms with E-state index in [1.807, 2.05) is 24.4 Å². The van der Waals surface area contributed by atoms with Crippen LogP contribution in [0.5, 0.6) is 0 Å². The highest BCUT2D eigenvalue weighted by molar-refractivity contribution is 5.84. The van der Waals surface area contributed by atoms with E-state index >= 15 is 0 Å². The number of nitrogens with zero attached hydrogens (tertiary/aromatic N) is 1. The lowest BCUT2D eigenvalue weighted by molar-refractivity contribution is -0.132. The summed E-state index contributed by atoms with van der Waals surface area (Å²) in [5.41, 5.74) is 1.07. The number of carbonyl (C=O) groups excluding carboxylic acids is 1. The molecule has 4 rings (SSSR count). The molecule has 0 aromatic carbocycles. The Balaban J connectivity index is 1.33. The van der Waals surface area contributed by atoms with E-state index in [0.29, 0.717) is 5.91 Å². The second-order valence-corrected chi connectivity index (χ2v) is 6.64. The topological polar surface area (TPSA) is 42.0 Å². The maximum absolute atomic E-state index is 12.4. The smallest absolute Gasteiger partial charge is 0.226 e. The van der Waals surface area contributed by atoms with E-state index in [-0.39, 0.29) is 5.41 Å². The SMILES string of the molecule is O=C(NCCc1ccccn1)C12CC3CC(C1)C3C2. The summed E-state index contributed by atoms with van der Waals surface area (Å²) in [5.74, 6) is 2.96. The molecule has 1 N–H and O–H groups in total. The van der Waals surface area contributed by atoms with E-state index < -0.39 is 0 Å². The number of hydrogen-bond donors (Lipinski definition) is 1. The first-order chi connectivity index (χ1) is 9.27. The van der Waals surface area contributed by atoms with Crippen molar-refractivity contribution in [3.05, 3.63) is 30.1 Å². The maximum Gasteiger partial charge on any atom is 0.226 e. The van der Waals surface area contributed by atoms with Crippen LogP contribution < -0.4 is 5.32 Å². The third-order valence-electron chi connectivity index (χ3n) is 5.62. The lowest BCUT2D eigenvalue weighted by Crippen LogP contribution is -2.44. The second kappa shape index (κ2) is 4.06. The summed E-state index contributed by atoms with van der Waals surface area (Å²) < 4.78 is 0. The van der Waals surface area contributed by atoms with Crippen molar-refractivity contribution >= 4 is 5.91 Å². The number of nitrogens with one attached hydrogen (secondary N) is 1. The molecule has 3 nitrogen and oxygen atoms in total. The lowest BCUT2D eigenvalue weighted by Gasteiger charge is -2.44. The van der Waals surface area contributed by atoms with Crippen LogP contribution in [0.15, 0.2) is 24.4 Å². The van der Waals surface area contributed by atoms with Crippen molar-refractivity contribution < 1.29 is 4.79 Å². The summed E-state index contributed by atoms with van der Waals surface area (Å²) in [5, 5.41) is 3.15. The van der Waals surface area contributed by atoms with Gasteiger partial charge in [-0.25, -0.2) is 0 Å². The first-order valence-electron chi connectivity index (χ1n) is 7.45. The number of fused-ring (bicyclic) bond motifs is 1. The Kier molecular flexibility index (Phi) is 2.44. The van der Waals surface area contributed by atoms with E-state index in [1.165, 1.54) is 6.42 Å². The summed E-state index contributed by atoms with van der Waals surface area (Å²) in [6.45, 7) is 0.720. The van der Waals surface area contributed by atoms with Gasteiger partial charge >= 0.3 is 0 Å². The zero-order valence-electron chi connectivity index (χ0n) is 11.1. The van der Waals surface area contributed by atoms with Gasteiger partial charge in [0.25, 0.3) is 0 Å². The molecule has 19 heavy (non-hydrogen) atoms. The fourth-order valence-electron chi connectivity index (χ4n) is 4.75. The van der Waals surface area contributed by atoms with Crippen LogP contribution >= 0.6 is 0 Å². The molecule has 1 aromatic heterocycles. The Morgan fingerprint density at radius 3 is 2.79 bits per heavy atom. The number of amides is 1. The normalized spacial score (nSPS) is 38.0. The molecular weight excluding hydrogens is 236 g/mol. The van der Waals surface area contributed by atoms with Gasteiger partial charge in [-0.15, -0.1) is 0 Å². The second-order valence-electron chi connectivity index (χ2n) is 6.64. The van der Waals surface area contributed by atoms with Crippen molar-refractivity contribution in [2.75, 3.05) is 6.54 Å². The summed E-state index contributed by atoms with van der Waals surface area (Å²) in [7, 11) is 0. The molecule has 2 bridgehead atoms. The zero-order valence-corrected chi connectivity index (χ0v) is 11.1. The van der Waals surface area contributed by atoms with Crippen LogP contribution in [0, 0.1) is 23.2 Å². The molecule has 3 fully saturated rings. The molecule has 1 aromatic rings. The van der Waals surface area contributed by atoms with E-state index in [2.05, 4.69) is 10.3 Å². The van der Waals surface area contributed by atoms with E-state index in [1.54, 1.807) is 0 Å². The van der Waals surface area contributed by atoms with Crippen LogP contribution in [-0.4, -0.2) is 17.4 Å². The molecular formula is C16H20N2O. The highest BCUT2D eigenvalue weighted by Gasteiger charge is 2.64. The van der Waals surface area contributed by atoms with Crippen LogP contribution in [0.25, 0.3) is 0 Å². The first kappa shape index (κ1) is 11.4. The van der Waals surface area contributed by atoms with Gasteiger partial charge in [0.05, 0.1) is 5.41 Å². The lowest BCUT2D eigenvalue weighted by atomic mass is 9.61. The minimum absolute atomic E-state index is 0.0162. The molecule has 3 aliphatic rings. The molecule has 2 atom stereocenters. The van der Waals surface area contributed by atoms with Crippen molar-refractivity contribution in [1.29, 1.82) is 0 Å². The highest BCUT2D eigenvalue weighted by atomic mass is 16.2. The molecule has 1 heterocycles. The van der Waals surface area contributed by atoms with Gasteiger partial charge in [-0.3, -0.25) is 9.78 Å². The minimum atomic E-state index is 0.0162. The summed E-state index contributed by atoms with van der Waals surface area (Å²) >= 11 is 0. The van der Waals surface area contributed by atoms with Crippen molar-refractivity contribution in [2.45, 2.75) is 32.1 Å². The molecule has 0 radical (unpaired) electrons. The van der Waals surface area contributed by atoms with Gasteiger partial charge in [0.2, 0.25) is 5.91 Å². The standard InChI is InChI=1S/C16H20N2O/c19-15(18-6-4-13-3-1-2-5-17-13)16-8-11-7-12(9-16)14(11)10-16/h1-3,5,11-12,14H,4,6-10H2,(H,18,19). The van der Waals surface area contributed by atoms with Gasteiger partial charge in [0.15, 0.2) is 0 Å². The van der Waals surface area contributed by atoms with Crippen molar-refractivity contribution in [3.8, 4) is 0 Å². The van der Waals surface area contributed by atoms with Crippen molar-refractivity contribution in [1.82, 2.24) is 10.3 Å². The van der Waals surface area contributed by atoms with Gasteiger partial charge in [-0.05, 0) is 55.6 Å². The average Bonchev–Trinajstić information content (AvgIpc) is 2.90. The van der Waals surface area contributed by atoms with Crippen LogP contribution in [0.3, 0.4) is 0 Å². The Bertz CT molecular complexity index is 481. The number of carbonyl (C=O) groups is 1. The largest absolute Gasteiger partial charge is 0.355 e. The maximum atomic E-state index is 12.4. The molecule has 3 aliphatic carbocycles. The van der Waals surface area contributed by atoms with Crippen molar-refractivity contribution in [3.63, 3.8) is 0 Å². The summed E-state index contributed by atoms with van der Waals surface area (Å²) in [6.07, 6.45) is 7.51. The molecule has 0 aliphatic heterocycles. The monoisotopic (exact) mass is 256 g/mol. The fraction of sp³-hybridized carbons (Fsp3) is 0.625. The highest BCUT2D eigenvalue weighted by Crippen LogP contribution is 2.69. The minimum Gasteiger partial charge on any atom is -0.355 e. The third-order valence-corrected chi connectivity index (χ3v) is 5.62. The van der Waals surface area contributed by atoms with Gasteiger partial charge in [-0.1, -0.05) is 6.07 Å². The van der Waals surface area contributed by atoms with Gasteiger partial charge in [0.1, 0.15) is 0 Å². The zero-order chi connectivity index (χ0) is 12.9. The van der Waals surface area contributed by atoms with Crippen LogP contribution in [0.2, 0.25) is 0 Å². The van der Waals surface area contributed by atoms with Gasteiger partial charge in [-0.2, -0.15) is 0 Å². The van der Waals surface area contributed by atoms with E-state index in [4.69, 9.17) is 0 Å². The Labute approximate surface area is 113 Å². The Morgan fingerprint density at radius 2 is 2.16 bits per heavy atom. The fourth-order valence-corrected chi connectivity index (χ4v) is 4.75. The van der Waals surface area contributed by atoms with E-state index in [9.17, 15) is 4.79 Å². The quantitative estimate of drug-likeness (QED) is 0.897. The number of hydrogen-bond acceptors (Lipinski definition) is 2. The molecule has 100 valence electrons. The predicted octanol–water partition coefficient (Wildman–Crippen LogP) is 2.18. The Morgan fingerprint density at radius 1 is 1.32 bits per heavy atom. The molecule has 3 heteroatoms. The molecule has 1 amide bonds. The number of pyridine rings is 1. The van der Waals surface area contributed by atoms with Crippen LogP contribution in [0.1, 0.15) is 31.4 Å². The predicted molar refractivity (Wildman–Crippen MR) is 72.3 cm³/mol.